The summed E-state index contributed by atoms with van der Waals surface area (Å²) in [4.78, 5) is -1.07. The molecule has 2 rings (SSSR count). The van der Waals surface area contributed by atoms with E-state index in [1.165, 1.54) is 0 Å². The summed E-state index contributed by atoms with van der Waals surface area (Å²) in [7, 11) is -5.57. The first-order chi connectivity index (χ1) is 9.13. The summed E-state index contributed by atoms with van der Waals surface area (Å²) in [5, 5.41) is 2.67. The van der Waals surface area contributed by atoms with Gasteiger partial charge >= 0.3 is 5.51 Å². The minimum Gasteiger partial charge on any atom is -0.384 e. The number of alkyl halides is 3. The first-order valence-corrected chi connectivity index (χ1v) is 7.46. The molecule has 1 aliphatic carbocycles. The van der Waals surface area contributed by atoms with E-state index in [4.69, 9.17) is 0 Å². The molecule has 20 heavy (non-hydrogen) atoms. The van der Waals surface area contributed by atoms with Gasteiger partial charge < -0.3 is 5.32 Å². The van der Waals surface area contributed by atoms with Gasteiger partial charge in [0.2, 0.25) is 0 Å². The molecule has 3 nitrogen and oxygen atoms in total. The van der Waals surface area contributed by atoms with Gasteiger partial charge in [-0.2, -0.15) is 13.2 Å². The van der Waals surface area contributed by atoms with Crippen LogP contribution in [0, 0.1) is 17.7 Å². The molecule has 1 aromatic carbocycles. The fraction of sp³-hybridized carbons (Fsp3) is 0.500. The van der Waals surface area contributed by atoms with Gasteiger partial charge in [-0.1, -0.05) is 6.92 Å². The molecule has 112 valence electrons. The number of rotatable bonds is 4. The van der Waals surface area contributed by atoms with E-state index in [2.05, 4.69) is 5.32 Å². The minimum absolute atomic E-state index is 0.220. The first kappa shape index (κ1) is 15.1. The van der Waals surface area contributed by atoms with Crippen molar-refractivity contribution in [2.45, 2.75) is 23.7 Å². The number of benzene rings is 1. The lowest BCUT2D eigenvalue weighted by Crippen LogP contribution is -2.24. The SMILES string of the molecule is CC1CC1CNc1ccc(F)cc1S(=O)(=O)C(F)(F)F. The molecule has 0 spiro atoms. The number of nitrogens with one attached hydrogen (secondary N) is 1. The van der Waals surface area contributed by atoms with Crippen LogP contribution in [0.3, 0.4) is 0 Å². The molecule has 0 bridgehead atoms. The summed E-state index contributed by atoms with van der Waals surface area (Å²) < 4.78 is 73.6. The van der Waals surface area contributed by atoms with Crippen molar-refractivity contribution in [3.05, 3.63) is 24.0 Å². The third-order valence-corrected chi connectivity index (χ3v) is 4.89. The van der Waals surface area contributed by atoms with Gasteiger partial charge in [0.1, 0.15) is 10.7 Å². The van der Waals surface area contributed by atoms with Gasteiger partial charge in [0.15, 0.2) is 0 Å². The molecule has 0 radical (unpaired) electrons. The summed E-state index contributed by atoms with van der Waals surface area (Å²) in [6.07, 6.45) is 0.940. The third kappa shape index (κ3) is 2.89. The molecular weight excluding hydrogens is 298 g/mol. The Morgan fingerprint density at radius 2 is 1.95 bits per heavy atom. The zero-order valence-corrected chi connectivity index (χ0v) is 11.4. The minimum atomic E-state index is -5.57. The lowest BCUT2D eigenvalue weighted by molar-refractivity contribution is -0.0435. The van der Waals surface area contributed by atoms with Gasteiger partial charge in [0.05, 0.1) is 5.69 Å². The largest absolute Gasteiger partial charge is 0.501 e. The fourth-order valence-corrected chi connectivity index (χ4v) is 2.86. The normalized spacial score (nSPS) is 22.6. The second kappa shape index (κ2) is 4.91. The monoisotopic (exact) mass is 311 g/mol. The van der Waals surface area contributed by atoms with Crippen molar-refractivity contribution in [1.82, 2.24) is 0 Å². The van der Waals surface area contributed by atoms with Crippen LogP contribution in [0.1, 0.15) is 13.3 Å². The predicted molar refractivity (Wildman–Crippen MR) is 65.4 cm³/mol. The van der Waals surface area contributed by atoms with Gasteiger partial charge in [-0.25, -0.2) is 12.8 Å². The first-order valence-electron chi connectivity index (χ1n) is 5.97. The quantitative estimate of drug-likeness (QED) is 0.869. The fourth-order valence-electron chi connectivity index (χ4n) is 1.91. The van der Waals surface area contributed by atoms with E-state index in [0.29, 0.717) is 24.4 Å². The maximum absolute atomic E-state index is 13.1. The Morgan fingerprint density at radius 1 is 1.35 bits per heavy atom. The van der Waals surface area contributed by atoms with Crippen LogP contribution in [0.25, 0.3) is 0 Å². The molecular formula is C12H13F4NO2S. The highest BCUT2D eigenvalue weighted by Crippen LogP contribution is 2.39. The third-order valence-electron chi connectivity index (χ3n) is 3.37. The molecule has 0 aliphatic heterocycles. The molecule has 0 amide bonds. The molecule has 1 aliphatic rings. The number of anilines is 1. The van der Waals surface area contributed by atoms with E-state index in [-0.39, 0.29) is 5.69 Å². The van der Waals surface area contributed by atoms with E-state index in [1.54, 1.807) is 0 Å². The van der Waals surface area contributed by atoms with Gasteiger partial charge in [-0.15, -0.1) is 0 Å². The Kier molecular flexibility index (Phi) is 3.70. The highest BCUT2D eigenvalue weighted by atomic mass is 32.2. The van der Waals surface area contributed by atoms with Gasteiger partial charge in [0.25, 0.3) is 9.84 Å². The number of sulfone groups is 1. The van der Waals surface area contributed by atoms with Gasteiger partial charge in [-0.05, 0) is 36.5 Å². The number of halogens is 4. The average molecular weight is 311 g/mol. The van der Waals surface area contributed by atoms with Crippen LogP contribution >= 0.6 is 0 Å². The molecule has 8 heteroatoms. The van der Waals surface area contributed by atoms with Crippen LogP contribution in [-0.2, 0) is 9.84 Å². The van der Waals surface area contributed by atoms with Gasteiger partial charge in [0, 0.05) is 6.54 Å². The van der Waals surface area contributed by atoms with Crippen molar-refractivity contribution in [2.75, 3.05) is 11.9 Å². The number of hydrogen-bond acceptors (Lipinski definition) is 3. The van der Waals surface area contributed by atoms with Crippen molar-refractivity contribution in [3.63, 3.8) is 0 Å². The Balaban J connectivity index is 2.33. The van der Waals surface area contributed by atoms with E-state index in [1.807, 2.05) is 6.92 Å². The Morgan fingerprint density at radius 3 is 2.45 bits per heavy atom. The van der Waals surface area contributed by atoms with Crippen molar-refractivity contribution in [1.29, 1.82) is 0 Å². The highest BCUT2D eigenvalue weighted by Gasteiger charge is 2.48. The smallest absolute Gasteiger partial charge is 0.384 e. The summed E-state index contributed by atoms with van der Waals surface area (Å²) in [6, 6.07) is 2.33. The Hall–Kier alpha value is -1.31. The second-order valence-electron chi connectivity index (χ2n) is 4.94. The van der Waals surface area contributed by atoms with Crippen LogP contribution in [0.5, 0.6) is 0 Å². The lowest BCUT2D eigenvalue weighted by Gasteiger charge is -2.14. The van der Waals surface area contributed by atoms with Crippen molar-refractivity contribution in [2.24, 2.45) is 11.8 Å². The van der Waals surface area contributed by atoms with E-state index in [0.717, 1.165) is 18.6 Å². The second-order valence-corrected chi connectivity index (χ2v) is 6.85. The summed E-state index contributed by atoms with van der Waals surface area (Å²) in [5.74, 6) is -0.259. The molecule has 0 heterocycles. The van der Waals surface area contributed by atoms with Crippen molar-refractivity contribution in [3.8, 4) is 0 Å². The average Bonchev–Trinajstić information content (AvgIpc) is 3.02. The summed E-state index contributed by atoms with van der Waals surface area (Å²) in [6.45, 7) is 2.36. The van der Waals surface area contributed by atoms with Gasteiger partial charge in [-0.3, -0.25) is 0 Å². The van der Waals surface area contributed by atoms with Crippen LogP contribution in [-0.4, -0.2) is 20.5 Å². The predicted octanol–water partition coefficient (Wildman–Crippen LogP) is 3.19. The van der Waals surface area contributed by atoms with E-state index >= 15 is 0 Å². The highest BCUT2D eigenvalue weighted by molar-refractivity contribution is 7.92. The molecule has 0 saturated heterocycles. The summed E-state index contributed by atoms with van der Waals surface area (Å²) >= 11 is 0. The lowest BCUT2D eigenvalue weighted by atomic mass is 10.3. The molecule has 1 fully saturated rings. The maximum Gasteiger partial charge on any atom is 0.501 e. The van der Waals surface area contributed by atoms with Crippen LogP contribution in [0.15, 0.2) is 23.1 Å². The van der Waals surface area contributed by atoms with Crippen molar-refractivity contribution < 1.29 is 26.0 Å². The molecule has 1 saturated carbocycles. The number of hydrogen-bond donors (Lipinski definition) is 1. The molecule has 1 aromatic rings. The molecule has 2 unspecified atom stereocenters. The molecule has 2 atom stereocenters. The van der Waals surface area contributed by atoms with Crippen LogP contribution in [0.2, 0.25) is 0 Å². The van der Waals surface area contributed by atoms with Crippen LogP contribution < -0.4 is 5.32 Å². The Bertz CT molecular complexity index is 612. The van der Waals surface area contributed by atoms with Crippen LogP contribution in [0.4, 0.5) is 23.2 Å². The topological polar surface area (TPSA) is 46.2 Å². The van der Waals surface area contributed by atoms with Crippen molar-refractivity contribution >= 4 is 15.5 Å². The van der Waals surface area contributed by atoms with E-state index in [9.17, 15) is 26.0 Å². The van der Waals surface area contributed by atoms with E-state index < -0.39 is 26.1 Å². The Labute approximate surface area is 113 Å². The molecule has 0 aromatic heterocycles. The maximum atomic E-state index is 13.1. The summed E-state index contributed by atoms with van der Waals surface area (Å²) in [5.41, 5.74) is -5.67. The zero-order valence-electron chi connectivity index (χ0n) is 10.5. The zero-order chi connectivity index (χ0) is 15.1. The molecule has 1 N–H and O–H groups in total. The standard InChI is InChI=1S/C12H13F4NO2S/c1-7-4-8(7)6-17-10-3-2-9(13)5-11(10)20(18,19)12(14,15)16/h2-3,5,7-8,17H,4,6H2,1H3.